The Kier molecular flexibility index (Phi) is 6.89. The van der Waals surface area contributed by atoms with Crippen molar-refractivity contribution >= 4 is 35.3 Å². The number of benzene rings is 1. The largest absolute Gasteiger partial charge is 0.493 e. The van der Waals surface area contributed by atoms with Gasteiger partial charge in [0.25, 0.3) is 0 Å². The molecule has 1 N–H and O–H groups in total. The number of hydrogen-bond donors (Lipinski definition) is 1. The standard InChI is InChI=1S/C16H15ClN4O6/c1-25-13-7-10(6-11(17)15(13)27-9-14(22)26-2)8-19-20-16-12(21(23)24)4-3-5-18-16/h3-8H,9H2,1-2H3,(H,18,20)/b19-8-. The van der Waals surface area contributed by atoms with Gasteiger partial charge >= 0.3 is 11.7 Å². The van der Waals surface area contributed by atoms with Crippen molar-refractivity contribution in [1.82, 2.24) is 4.98 Å². The van der Waals surface area contributed by atoms with Gasteiger partial charge in [0.15, 0.2) is 18.1 Å². The first kappa shape index (κ1) is 19.9. The van der Waals surface area contributed by atoms with Gasteiger partial charge in [-0.1, -0.05) is 11.6 Å². The van der Waals surface area contributed by atoms with Gasteiger partial charge in [0, 0.05) is 12.3 Å². The predicted molar refractivity (Wildman–Crippen MR) is 97.6 cm³/mol. The van der Waals surface area contributed by atoms with Crippen LogP contribution in [0.3, 0.4) is 0 Å². The molecule has 11 heteroatoms. The number of hydrazone groups is 1. The van der Waals surface area contributed by atoms with Crippen LogP contribution in [0.4, 0.5) is 11.5 Å². The van der Waals surface area contributed by atoms with Crippen LogP contribution in [-0.4, -0.2) is 42.9 Å². The second-order valence-corrected chi connectivity index (χ2v) is 5.30. The maximum Gasteiger partial charge on any atom is 0.343 e. The van der Waals surface area contributed by atoms with Crippen LogP contribution in [0.2, 0.25) is 5.02 Å². The van der Waals surface area contributed by atoms with E-state index in [1.165, 1.54) is 44.8 Å². The summed E-state index contributed by atoms with van der Waals surface area (Å²) in [6.07, 6.45) is 2.77. The molecule has 1 heterocycles. The fraction of sp³-hybridized carbons (Fsp3) is 0.188. The van der Waals surface area contributed by atoms with Crippen LogP contribution in [0.5, 0.6) is 11.5 Å². The van der Waals surface area contributed by atoms with Gasteiger partial charge in [-0.05, 0) is 23.8 Å². The Morgan fingerprint density at radius 1 is 1.44 bits per heavy atom. The molecule has 1 aromatic heterocycles. The molecule has 0 radical (unpaired) electrons. The molecule has 0 saturated carbocycles. The molecule has 0 amide bonds. The van der Waals surface area contributed by atoms with E-state index in [0.717, 1.165) is 0 Å². The van der Waals surface area contributed by atoms with Crippen LogP contribution in [0.25, 0.3) is 0 Å². The average molecular weight is 395 g/mol. The fourth-order valence-electron chi connectivity index (χ4n) is 1.94. The molecule has 0 aliphatic heterocycles. The van der Waals surface area contributed by atoms with Gasteiger partial charge in [-0.2, -0.15) is 5.10 Å². The molecule has 0 atom stereocenters. The van der Waals surface area contributed by atoms with Gasteiger partial charge in [0.05, 0.1) is 30.4 Å². The highest BCUT2D eigenvalue weighted by molar-refractivity contribution is 6.32. The number of carbonyl (C=O) groups excluding carboxylic acids is 1. The number of ether oxygens (including phenoxy) is 3. The van der Waals surface area contributed by atoms with Gasteiger partial charge in [-0.25, -0.2) is 9.78 Å². The van der Waals surface area contributed by atoms with E-state index in [1.54, 1.807) is 6.07 Å². The Morgan fingerprint density at radius 2 is 2.22 bits per heavy atom. The number of rotatable bonds is 8. The number of anilines is 1. The number of esters is 1. The summed E-state index contributed by atoms with van der Waals surface area (Å²) in [4.78, 5) is 25.4. The lowest BCUT2D eigenvalue weighted by Crippen LogP contribution is -2.13. The van der Waals surface area contributed by atoms with Crippen LogP contribution in [0, 0.1) is 10.1 Å². The molecule has 0 aliphatic carbocycles. The number of halogens is 1. The van der Waals surface area contributed by atoms with E-state index in [4.69, 9.17) is 21.1 Å². The monoisotopic (exact) mass is 394 g/mol. The van der Waals surface area contributed by atoms with E-state index in [-0.39, 0.29) is 34.6 Å². The first-order valence-corrected chi connectivity index (χ1v) is 7.79. The molecule has 2 aromatic rings. The minimum atomic E-state index is -0.571. The lowest BCUT2D eigenvalue weighted by atomic mass is 10.2. The van der Waals surface area contributed by atoms with Gasteiger partial charge < -0.3 is 14.2 Å². The molecule has 0 saturated heterocycles. The van der Waals surface area contributed by atoms with E-state index in [0.29, 0.717) is 5.56 Å². The molecule has 27 heavy (non-hydrogen) atoms. The minimum absolute atomic E-state index is 0.00477. The van der Waals surface area contributed by atoms with E-state index in [9.17, 15) is 14.9 Å². The number of pyridine rings is 1. The Morgan fingerprint density at radius 3 is 2.89 bits per heavy atom. The van der Waals surface area contributed by atoms with Crippen LogP contribution in [0.1, 0.15) is 5.56 Å². The molecule has 0 spiro atoms. The second kappa shape index (κ2) is 9.34. The fourth-order valence-corrected chi connectivity index (χ4v) is 2.22. The first-order chi connectivity index (χ1) is 13.0. The SMILES string of the molecule is COC(=O)COc1c(Cl)cc(/C=N\Nc2ncccc2[N+](=O)[O-])cc1OC. The molecule has 1 aromatic carbocycles. The third kappa shape index (κ3) is 5.28. The smallest absolute Gasteiger partial charge is 0.343 e. The zero-order valence-electron chi connectivity index (χ0n) is 14.3. The number of nitro groups is 1. The van der Waals surface area contributed by atoms with Crippen LogP contribution in [0.15, 0.2) is 35.6 Å². The Bertz CT molecular complexity index is 874. The highest BCUT2D eigenvalue weighted by atomic mass is 35.5. The molecule has 2 rings (SSSR count). The highest BCUT2D eigenvalue weighted by Gasteiger charge is 2.15. The second-order valence-electron chi connectivity index (χ2n) is 4.90. The number of carbonyl (C=O) groups is 1. The van der Waals surface area contributed by atoms with E-state index >= 15 is 0 Å². The normalized spacial score (nSPS) is 10.5. The third-order valence-electron chi connectivity index (χ3n) is 3.18. The number of aromatic nitrogens is 1. The maximum absolute atomic E-state index is 11.2. The minimum Gasteiger partial charge on any atom is -0.493 e. The van der Waals surface area contributed by atoms with E-state index < -0.39 is 10.9 Å². The predicted octanol–water partition coefficient (Wildman–Crippen LogP) is 2.65. The Labute approximate surface area is 158 Å². The number of nitrogens with zero attached hydrogens (tertiary/aromatic N) is 3. The van der Waals surface area contributed by atoms with Crippen molar-refractivity contribution in [2.45, 2.75) is 0 Å². The van der Waals surface area contributed by atoms with Crippen molar-refractivity contribution in [3.05, 3.63) is 51.2 Å². The molecule has 0 fully saturated rings. The zero-order valence-corrected chi connectivity index (χ0v) is 15.1. The highest BCUT2D eigenvalue weighted by Crippen LogP contribution is 2.36. The Hall–Kier alpha value is -3.40. The molecule has 0 aliphatic rings. The first-order valence-electron chi connectivity index (χ1n) is 7.42. The van der Waals surface area contributed by atoms with Gasteiger partial charge in [0.2, 0.25) is 5.82 Å². The summed E-state index contributed by atoms with van der Waals surface area (Å²) in [6, 6.07) is 5.84. The molecular formula is C16H15ClN4O6. The topological polar surface area (TPSA) is 125 Å². The van der Waals surface area contributed by atoms with Crippen molar-refractivity contribution in [3.63, 3.8) is 0 Å². The Balaban J connectivity index is 2.17. The summed E-state index contributed by atoms with van der Waals surface area (Å²) in [5.41, 5.74) is 2.81. The third-order valence-corrected chi connectivity index (χ3v) is 3.46. The summed E-state index contributed by atoms with van der Waals surface area (Å²) >= 11 is 6.16. The maximum atomic E-state index is 11.2. The quantitative estimate of drug-likeness (QED) is 0.313. The lowest BCUT2D eigenvalue weighted by Gasteiger charge is -2.12. The van der Waals surface area contributed by atoms with Crippen molar-refractivity contribution in [3.8, 4) is 11.5 Å². The number of hydrogen-bond acceptors (Lipinski definition) is 9. The summed E-state index contributed by atoms with van der Waals surface area (Å²) in [5, 5.41) is 15.0. The number of nitrogens with one attached hydrogen (secondary N) is 1. The molecule has 0 bridgehead atoms. The van der Waals surface area contributed by atoms with E-state index in [2.05, 4.69) is 20.2 Å². The van der Waals surface area contributed by atoms with E-state index in [1.807, 2.05) is 0 Å². The van der Waals surface area contributed by atoms with Crippen molar-refractivity contribution in [1.29, 1.82) is 0 Å². The summed E-state index contributed by atoms with van der Waals surface area (Å²) < 4.78 is 15.0. The molecular weight excluding hydrogens is 380 g/mol. The average Bonchev–Trinajstić information content (AvgIpc) is 2.66. The van der Waals surface area contributed by atoms with Crippen molar-refractivity contribution in [2.24, 2.45) is 5.10 Å². The molecule has 10 nitrogen and oxygen atoms in total. The summed E-state index contributed by atoms with van der Waals surface area (Å²) in [6.45, 7) is -0.328. The van der Waals surface area contributed by atoms with Gasteiger partial charge in [-0.3, -0.25) is 15.5 Å². The van der Waals surface area contributed by atoms with Gasteiger partial charge in [0.1, 0.15) is 0 Å². The van der Waals surface area contributed by atoms with Crippen LogP contribution < -0.4 is 14.9 Å². The molecule has 0 unspecified atom stereocenters. The van der Waals surface area contributed by atoms with Gasteiger partial charge in [-0.15, -0.1) is 0 Å². The molecule has 142 valence electrons. The lowest BCUT2D eigenvalue weighted by molar-refractivity contribution is -0.384. The van der Waals surface area contributed by atoms with Crippen LogP contribution >= 0.6 is 11.6 Å². The summed E-state index contributed by atoms with van der Waals surface area (Å²) in [7, 11) is 2.65. The summed E-state index contributed by atoms with van der Waals surface area (Å²) in [5.74, 6) is -0.124. The van der Waals surface area contributed by atoms with Crippen molar-refractivity contribution < 1.29 is 23.9 Å². The van der Waals surface area contributed by atoms with Crippen molar-refractivity contribution in [2.75, 3.05) is 26.3 Å². The van der Waals surface area contributed by atoms with Crippen LogP contribution in [-0.2, 0) is 9.53 Å². The zero-order chi connectivity index (χ0) is 19.8. The number of methoxy groups -OCH3 is 2.